The first-order chi connectivity index (χ1) is 25.0. The first kappa shape index (κ1) is 37.1. The number of ether oxygens (including phenoxy) is 2. The average molecular weight is 889 g/mol. The second kappa shape index (κ2) is 13.0. The van der Waals surface area contributed by atoms with E-state index in [0.29, 0.717) is 5.56 Å². The number of allylic oxidation sites excluding steroid dienone is 3. The molecule has 3 aromatic rings. The Bertz CT molecular complexity index is 2170. The fourth-order valence-electron chi connectivity index (χ4n) is 7.88. The number of imide groups is 2. The quantitative estimate of drug-likeness (QED) is 0.0539. The number of aromatic hydroxyl groups is 1. The Morgan fingerprint density at radius 1 is 0.830 bits per heavy atom. The van der Waals surface area contributed by atoms with Gasteiger partial charge in [-0.1, -0.05) is 23.8 Å². The largest absolute Gasteiger partial charge is 0.502 e. The molecule has 2 aliphatic heterocycles. The Morgan fingerprint density at radius 2 is 1.40 bits per heavy atom. The highest BCUT2D eigenvalue weighted by Gasteiger charge is 2.76. The molecular weight excluding hydrogens is 865 g/mol. The van der Waals surface area contributed by atoms with Gasteiger partial charge in [-0.05, 0) is 83.3 Å². The molecule has 2 aliphatic carbocycles. The van der Waals surface area contributed by atoms with Crippen molar-refractivity contribution < 1.29 is 55.7 Å². The van der Waals surface area contributed by atoms with Gasteiger partial charge in [0.2, 0.25) is 23.4 Å². The summed E-state index contributed by atoms with van der Waals surface area (Å²) in [5, 5.41) is 10.4. The molecule has 6 unspecified atom stereocenters. The van der Waals surface area contributed by atoms with Crippen LogP contribution < -0.4 is 19.3 Å². The van der Waals surface area contributed by atoms with Crippen LogP contribution in [0, 0.1) is 56.3 Å². The molecule has 2 saturated heterocycles. The van der Waals surface area contributed by atoms with Crippen LogP contribution in [0.4, 0.5) is 33.3 Å². The molecule has 9 nitrogen and oxygen atoms in total. The summed E-state index contributed by atoms with van der Waals surface area (Å²) in [5.41, 5.74) is -1.01. The van der Waals surface area contributed by atoms with Crippen molar-refractivity contribution in [1.29, 1.82) is 0 Å². The Kier molecular flexibility index (Phi) is 9.08. The van der Waals surface area contributed by atoms with E-state index in [1.54, 1.807) is 30.3 Å². The van der Waals surface area contributed by atoms with Crippen LogP contribution in [0.3, 0.4) is 0 Å². The lowest BCUT2D eigenvalue weighted by molar-refractivity contribution is -0.125. The Morgan fingerprint density at radius 3 is 1.96 bits per heavy atom. The van der Waals surface area contributed by atoms with E-state index in [-0.39, 0.29) is 39.8 Å². The summed E-state index contributed by atoms with van der Waals surface area (Å²) in [6.45, 7) is 0. The minimum Gasteiger partial charge on any atom is -0.502 e. The monoisotopic (exact) mass is 888 g/mol. The number of halogens is 8. The van der Waals surface area contributed by atoms with Crippen molar-refractivity contribution in [2.45, 2.75) is 22.6 Å². The van der Waals surface area contributed by atoms with Gasteiger partial charge >= 0.3 is 0 Å². The number of phenols is 1. The molecule has 4 aliphatic rings. The number of fused-ring (bicyclic) bond motifs is 4. The molecule has 1 N–H and O–H groups in total. The zero-order valence-corrected chi connectivity index (χ0v) is 30.9. The van der Waals surface area contributed by atoms with Crippen molar-refractivity contribution in [2.75, 3.05) is 24.0 Å². The fourth-order valence-corrected chi connectivity index (χ4v) is 9.13. The van der Waals surface area contributed by atoms with E-state index >= 15 is 8.78 Å². The molecule has 276 valence electrons. The highest BCUT2D eigenvalue weighted by Crippen LogP contribution is 2.64. The standard InChI is InChI=1S/C36H24Cl2F5IN2O7/c1-52-21-11-14(12-22(53-2)30(21)47)3-10-20-17-8-9-18-23(32(49)45(31(18)48)16-6-4-15(44)5-7-16)19(17)13-35(37)33(50)46(34(51)36(20,35)38)29-27(42)25(40)24(39)26(41)28(29)43/h3-8,10-12,18-20,23,47H,9,13H2,1-2H3. The van der Waals surface area contributed by atoms with Gasteiger partial charge in [-0.3, -0.25) is 24.1 Å². The second-order valence-electron chi connectivity index (χ2n) is 12.9. The normalized spacial score (nSPS) is 28.0. The summed E-state index contributed by atoms with van der Waals surface area (Å²) in [7, 11) is 2.56. The van der Waals surface area contributed by atoms with Gasteiger partial charge < -0.3 is 14.6 Å². The van der Waals surface area contributed by atoms with E-state index in [0.717, 1.165) is 8.47 Å². The van der Waals surface area contributed by atoms with E-state index < -0.39 is 98.2 Å². The van der Waals surface area contributed by atoms with Gasteiger partial charge in [0.05, 0.1) is 31.7 Å². The van der Waals surface area contributed by atoms with Crippen LogP contribution in [0.1, 0.15) is 18.4 Å². The van der Waals surface area contributed by atoms with Crippen LogP contribution in [0.5, 0.6) is 17.2 Å². The molecule has 1 saturated carbocycles. The molecule has 2 heterocycles. The maximum absolute atomic E-state index is 15.3. The molecule has 4 amide bonds. The number of phenolic OH excluding ortho intramolecular Hbond substituents is 1. The van der Waals surface area contributed by atoms with Crippen LogP contribution in [0.15, 0.2) is 54.1 Å². The van der Waals surface area contributed by atoms with Gasteiger partial charge in [0.1, 0.15) is 5.69 Å². The highest BCUT2D eigenvalue weighted by molar-refractivity contribution is 14.1. The van der Waals surface area contributed by atoms with Crippen molar-refractivity contribution in [2.24, 2.45) is 23.7 Å². The van der Waals surface area contributed by atoms with E-state index in [1.165, 1.54) is 38.5 Å². The molecule has 3 fully saturated rings. The topological polar surface area (TPSA) is 113 Å². The first-order valence-electron chi connectivity index (χ1n) is 15.8. The molecule has 53 heavy (non-hydrogen) atoms. The summed E-state index contributed by atoms with van der Waals surface area (Å²) in [6.07, 6.45) is 3.66. The third-order valence-electron chi connectivity index (χ3n) is 10.3. The van der Waals surface area contributed by atoms with Crippen LogP contribution in [-0.4, -0.2) is 52.7 Å². The van der Waals surface area contributed by atoms with Crippen molar-refractivity contribution in [1.82, 2.24) is 0 Å². The molecule has 0 aromatic heterocycles. The maximum Gasteiger partial charge on any atom is 0.258 e. The van der Waals surface area contributed by atoms with E-state index in [9.17, 15) is 37.5 Å². The minimum absolute atomic E-state index is 0.0150. The van der Waals surface area contributed by atoms with Gasteiger partial charge in [-0.2, -0.15) is 0 Å². The second-order valence-corrected chi connectivity index (χ2v) is 15.3. The van der Waals surface area contributed by atoms with Gasteiger partial charge in [0, 0.05) is 9.49 Å². The molecular formula is C36H24Cl2F5IN2O7. The number of alkyl halides is 2. The van der Waals surface area contributed by atoms with Crippen molar-refractivity contribution in [3.8, 4) is 17.2 Å². The SMILES string of the molecule is COc1cc(C=CC2C3=CCC4C(=O)N(c5ccc(I)cc5)C(=O)C4C3CC3(Cl)C(=O)N(c4c(F)c(F)c(F)c(F)c4F)C(=O)C23Cl)cc(OC)c1O. The summed E-state index contributed by atoms with van der Waals surface area (Å²) >= 11 is 16.3. The lowest BCUT2D eigenvalue weighted by Crippen LogP contribution is -2.60. The van der Waals surface area contributed by atoms with Crippen molar-refractivity contribution in [3.63, 3.8) is 0 Å². The Hall–Kier alpha value is -4.22. The summed E-state index contributed by atoms with van der Waals surface area (Å²) < 4.78 is 84.8. The number of carbonyl (C=O) groups is 4. The maximum atomic E-state index is 15.3. The van der Waals surface area contributed by atoms with Gasteiger partial charge in [-0.15, -0.1) is 23.2 Å². The van der Waals surface area contributed by atoms with Crippen LogP contribution in [0.2, 0.25) is 0 Å². The fraction of sp³-hybridized carbons (Fsp3) is 0.278. The van der Waals surface area contributed by atoms with Crippen LogP contribution >= 0.6 is 45.8 Å². The average Bonchev–Trinajstić information content (AvgIpc) is 3.48. The van der Waals surface area contributed by atoms with Crippen LogP contribution in [-0.2, 0) is 19.2 Å². The molecule has 3 aromatic carbocycles. The number of hydrogen-bond donors (Lipinski definition) is 1. The van der Waals surface area contributed by atoms with E-state index in [1.807, 2.05) is 0 Å². The summed E-state index contributed by atoms with van der Waals surface area (Å²) in [5.74, 6) is -21.7. The molecule has 6 atom stereocenters. The van der Waals surface area contributed by atoms with Crippen LogP contribution in [0.25, 0.3) is 6.08 Å². The number of methoxy groups -OCH3 is 2. The smallest absolute Gasteiger partial charge is 0.258 e. The highest BCUT2D eigenvalue weighted by atomic mass is 127. The van der Waals surface area contributed by atoms with Crippen molar-refractivity contribution in [3.05, 3.63) is 92.3 Å². The number of nitrogens with zero attached hydrogens (tertiary/aromatic N) is 2. The number of benzene rings is 3. The number of amides is 4. The predicted octanol–water partition coefficient (Wildman–Crippen LogP) is 7.02. The lowest BCUT2D eigenvalue weighted by atomic mass is 9.57. The van der Waals surface area contributed by atoms with E-state index in [4.69, 9.17) is 32.7 Å². The first-order valence-corrected chi connectivity index (χ1v) is 17.6. The van der Waals surface area contributed by atoms with Gasteiger partial charge in [0.25, 0.3) is 11.8 Å². The minimum atomic E-state index is -2.68. The summed E-state index contributed by atoms with van der Waals surface area (Å²) in [4.78, 5) is 52.1. The van der Waals surface area contributed by atoms with Crippen molar-refractivity contribution >= 4 is 86.9 Å². The number of hydrogen-bond acceptors (Lipinski definition) is 7. The molecule has 0 spiro atoms. The molecule has 0 bridgehead atoms. The molecule has 7 rings (SSSR count). The zero-order chi connectivity index (χ0) is 38.5. The third kappa shape index (κ3) is 5.13. The predicted molar refractivity (Wildman–Crippen MR) is 189 cm³/mol. The Labute approximate surface area is 321 Å². The number of rotatable bonds is 6. The number of anilines is 2. The van der Waals surface area contributed by atoms with Gasteiger partial charge in [0.15, 0.2) is 44.5 Å². The van der Waals surface area contributed by atoms with Gasteiger partial charge in [-0.25, -0.2) is 26.9 Å². The van der Waals surface area contributed by atoms with E-state index in [2.05, 4.69) is 22.6 Å². The summed E-state index contributed by atoms with van der Waals surface area (Å²) in [6, 6.07) is 9.34. The molecule has 0 radical (unpaired) electrons. The third-order valence-corrected chi connectivity index (χ3v) is 12.5. The number of carbonyl (C=O) groups excluding carboxylic acids is 4. The lowest BCUT2D eigenvalue weighted by Gasteiger charge is -2.49. The molecule has 17 heteroatoms. The Balaban J connectivity index is 1.41. The zero-order valence-electron chi connectivity index (χ0n) is 27.2.